The number of hydrogen-bond acceptors (Lipinski definition) is 2. The molecule has 0 N–H and O–H groups in total. The largest absolute Gasteiger partial charge is 0.490 e. The van der Waals surface area contributed by atoms with Crippen LogP contribution < -0.4 is 4.74 Å². The van der Waals surface area contributed by atoms with Crippen molar-refractivity contribution in [3.63, 3.8) is 0 Å². The average molecular weight is 259 g/mol. The Bertz CT molecular complexity index is 412. The molecule has 1 saturated carbocycles. The zero-order chi connectivity index (χ0) is 13.6. The Morgan fingerprint density at radius 2 is 1.67 bits per heavy atom. The van der Waals surface area contributed by atoms with Crippen LogP contribution in [0.2, 0.25) is 0 Å². The fourth-order valence-corrected chi connectivity index (χ4v) is 1.48. The Balaban J connectivity index is 2.40. The quantitative estimate of drug-likeness (QED) is 0.802. The summed E-state index contributed by atoms with van der Waals surface area (Å²) in [6, 6.07) is 2.58. The van der Waals surface area contributed by atoms with Gasteiger partial charge in [-0.15, -0.1) is 0 Å². The second-order valence-electron chi connectivity index (χ2n) is 5.64. The Morgan fingerprint density at radius 1 is 1.11 bits per heavy atom. The Hall–Kier alpha value is -1.26. The fraction of sp³-hybridized carbons (Fsp3) is 0.615. The monoisotopic (exact) mass is 259 g/mol. The molecule has 5 heteroatoms. The number of rotatable bonds is 2. The van der Waals surface area contributed by atoms with Gasteiger partial charge in [0.25, 0.3) is 0 Å². The maximum absolute atomic E-state index is 12.8. The first-order chi connectivity index (χ1) is 8.16. The number of pyridine rings is 1. The van der Waals surface area contributed by atoms with Crippen LogP contribution in [0.25, 0.3) is 0 Å². The summed E-state index contributed by atoms with van der Waals surface area (Å²) >= 11 is 0. The highest BCUT2D eigenvalue weighted by Crippen LogP contribution is 2.35. The lowest BCUT2D eigenvalue weighted by molar-refractivity contribution is -0.141. The van der Waals surface area contributed by atoms with Gasteiger partial charge in [0.1, 0.15) is 11.4 Å². The van der Waals surface area contributed by atoms with E-state index in [9.17, 15) is 13.2 Å². The molecule has 1 aromatic heterocycles. The highest BCUT2D eigenvalue weighted by molar-refractivity contribution is 5.32. The SMILES string of the molecule is CC(C)(C)c1cc(OC2CC2)cc(C(F)(F)F)n1. The molecule has 0 amide bonds. The number of nitrogens with zero attached hydrogens (tertiary/aromatic N) is 1. The van der Waals surface area contributed by atoms with Gasteiger partial charge in [0.05, 0.1) is 11.8 Å². The molecular formula is C13H16F3NO. The molecule has 18 heavy (non-hydrogen) atoms. The second kappa shape index (κ2) is 4.14. The van der Waals surface area contributed by atoms with E-state index in [1.807, 2.05) is 20.8 Å². The molecule has 100 valence electrons. The fourth-order valence-electron chi connectivity index (χ4n) is 1.48. The first-order valence-corrected chi connectivity index (χ1v) is 5.93. The van der Waals surface area contributed by atoms with E-state index >= 15 is 0 Å². The van der Waals surface area contributed by atoms with E-state index in [1.54, 1.807) is 6.07 Å². The molecule has 0 atom stereocenters. The number of hydrogen-bond donors (Lipinski definition) is 0. The molecule has 2 nitrogen and oxygen atoms in total. The van der Waals surface area contributed by atoms with E-state index in [0.29, 0.717) is 5.69 Å². The molecule has 0 unspecified atom stereocenters. The van der Waals surface area contributed by atoms with Gasteiger partial charge in [-0.3, -0.25) is 0 Å². The third kappa shape index (κ3) is 3.15. The summed E-state index contributed by atoms with van der Waals surface area (Å²) in [7, 11) is 0. The summed E-state index contributed by atoms with van der Waals surface area (Å²) in [5.41, 5.74) is -0.929. The lowest BCUT2D eigenvalue weighted by Gasteiger charge is -2.20. The molecule has 1 fully saturated rings. The van der Waals surface area contributed by atoms with Crippen molar-refractivity contribution in [2.45, 2.75) is 51.3 Å². The van der Waals surface area contributed by atoms with Gasteiger partial charge >= 0.3 is 6.18 Å². The van der Waals surface area contributed by atoms with Crippen molar-refractivity contribution in [1.29, 1.82) is 0 Å². The topological polar surface area (TPSA) is 22.1 Å². The lowest BCUT2D eigenvalue weighted by Crippen LogP contribution is -2.18. The summed E-state index contributed by atoms with van der Waals surface area (Å²) in [6.45, 7) is 5.49. The van der Waals surface area contributed by atoms with Crippen LogP contribution >= 0.6 is 0 Å². The molecule has 1 aliphatic carbocycles. The molecule has 0 aliphatic heterocycles. The first-order valence-electron chi connectivity index (χ1n) is 5.93. The zero-order valence-corrected chi connectivity index (χ0v) is 10.6. The van der Waals surface area contributed by atoms with Gasteiger partial charge in [0.2, 0.25) is 0 Å². The smallest absolute Gasteiger partial charge is 0.433 e. The van der Waals surface area contributed by atoms with Gasteiger partial charge in [-0.05, 0) is 12.8 Å². The predicted molar refractivity (Wildman–Crippen MR) is 61.6 cm³/mol. The van der Waals surface area contributed by atoms with Gasteiger partial charge in [0, 0.05) is 17.5 Å². The molecule has 1 aliphatic rings. The molecule has 0 bridgehead atoms. The van der Waals surface area contributed by atoms with Crippen molar-refractivity contribution in [2.24, 2.45) is 0 Å². The molecule has 1 heterocycles. The van der Waals surface area contributed by atoms with Gasteiger partial charge in [-0.1, -0.05) is 20.8 Å². The van der Waals surface area contributed by atoms with Crippen molar-refractivity contribution >= 4 is 0 Å². The van der Waals surface area contributed by atoms with Crippen LogP contribution in [-0.2, 0) is 11.6 Å². The maximum atomic E-state index is 12.8. The van der Waals surface area contributed by atoms with Crippen LogP contribution in [-0.4, -0.2) is 11.1 Å². The van der Waals surface area contributed by atoms with Crippen molar-refractivity contribution < 1.29 is 17.9 Å². The van der Waals surface area contributed by atoms with Gasteiger partial charge in [-0.2, -0.15) is 13.2 Å². The summed E-state index contributed by atoms with van der Waals surface area (Å²) < 4.78 is 43.8. The zero-order valence-electron chi connectivity index (χ0n) is 10.6. The first kappa shape index (κ1) is 13.2. The summed E-state index contributed by atoms with van der Waals surface area (Å²) in [5.74, 6) is 0.268. The molecule has 1 aromatic rings. The average Bonchev–Trinajstić information content (AvgIpc) is 2.98. The Morgan fingerprint density at radius 3 is 2.11 bits per heavy atom. The van der Waals surface area contributed by atoms with E-state index < -0.39 is 17.3 Å². The molecule has 0 spiro atoms. The number of alkyl halides is 3. The molecule has 2 rings (SSSR count). The predicted octanol–water partition coefficient (Wildman–Crippen LogP) is 3.94. The van der Waals surface area contributed by atoms with E-state index in [1.165, 1.54) is 0 Å². The van der Waals surface area contributed by atoms with Crippen LogP contribution in [0.1, 0.15) is 45.0 Å². The minimum absolute atomic E-state index is 0.0707. The molecular weight excluding hydrogens is 243 g/mol. The van der Waals surface area contributed by atoms with Crippen LogP contribution in [0.15, 0.2) is 12.1 Å². The Kier molecular flexibility index (Phi) is 3.03. The minimum atomic E-state index is -4.44. The van der Waals surface area contributed by atoms with Crippen molar-refractivity contribution in [1.82, 2.24) is 4.98 Å². The lowest BCUT2D eigenvalue weighted by atomic mass is 9.91. The third-order valence-electron chi connectivity index (χ3n) is 2.68. The summed E-state index contributed by atoms with van der Waals surface area (Å²) in [4.78, 5) is 3.70. The summed E-state index contributed by atoms with van der Waals surface area (Å²) in [5, 5.41) is 0. The van der Waals surface area contributed by atoms with Gasteiger partial charge in [0.15, 0.2) is 0 Å². The second-order valence-corrected chi connectivity index (χ2v) is 5.64. The normalized spacial score (nSPS) is 16.8. The number of aromatic nitrogens is 1. The van der Waals surface area contributed by atoms with Crippen LogP contribution in [0.5, 0.6) is 5.75 Å². The molecule has 0 radical (unpaired) electrons. The van der Waals surface area contributed by atoms with E-state index in [2.05, 4.69) is 4.98 Å². The number of ether oxygens (including phenoxy) is 1. The van der Waals surface area contributed by atoms with Crippen LogP contribution in [0.3, 0.4) is 0 Å². The number of halogens is 3. The molecule has 0 saturated heterocycles. The van der Waals surface area contributed by atoms with Crippen LogP contribution in [0.4, 0.5) is 13.2 Å². The standard InChI is InChI=1S/C13H16F3NO/c1-12(2,3)10-6-9(18-8-4-5-8)7-11(17-10)13(14,15)16/h6-8H,4-5H2,1-3H3. The van der Waals surface area contributed by atoms with E-state index in [4.69, 9.17) is 4.74 Å². The summed E-state index contributed by atoms with van der Waals surface area (Å²) in [6.07, 6.45) is -2.55. The van der Waals surface area contributed by atoms with E-state index in [0.717, 1.165) is 18.9 Å². The van der Waals surface area contributed by atoms with Crippen molar-refractivity contribution in [3.05, 3.63) is 23.5 Å². The third-order valence-corrected chi connectivity index (χ3v) is 2.68. The maximum Gasteiger partial charge on any atom is 0.433 e. The van der Waals surface area contributed by atoms with Gasteiger partial charge < -0.3 is 4.74 Å². The highest BCUT2D eigenvalue weighted by atomic mass is 19.4. The van der Waals surface area contributed by atoms with Crippen LogP contribution in [0, 0.1) is 0 Å². The minimum Gasteiger partial charge on any atom is -0.490 e. The van der Waals surface area contributed by atoms with Crippen molar-refractivity contribution in [3.8, 4) is 5.75 Å². The Labute approximate surface area is 104 Å². The highest BCUT2D eigenvalue weighted by Gasteiger charge is 2.35. The van der Waals surface area contributed by atoms with Gasteiger partial charge in [-0.25, -0.2) is 4.98 Å². The van der Waals surface area contributed by atoms with Crippen molar-refractivity contribution in [2.75, 3.05) is 0 Å². The van der Waals surface area contributed by atoms with E-state index in [-0.39, 0.29) is 11.9 Å². The molecule has 0 aromatic carbocycles.